The first-order chi connectivity index (χ1) is 8.63. The van der Waals surface area contributed by atoms with Crippen LogP contribution in [-0.2, 0) is 0 Å². The molecule has 2 atom stereocenters. The van der Waals surface area contributed by atoms with Crippen molar-refractivity contribution in [2.24, 2.45) is 5.84 Å². The van der Waals surface area contributed by atoms with Crippen LogP contribution in [0.4, 0.5) is 4.39 Å². The van der Waals surface area contributed by atoms with E-state index in [9.17, 15) is 4.39 Å². The summed E-state index contributed by atoms with van der Waals surface area (Å²) in [5, 5.41) is 0. The molecule has 0 aliphatic carbocycles. The minimum absolute atomic E-state index is 0.194. The van der Waals surface area contributed by atoms with Crippen molar-refractivity contribution in [1.29, 1.82) is 0 Å². The lowest BCUT2D eigenvalue weighted by Crippen LogP contribution is -2.49. The van der Waals surface area contributed by atoms with Gasteiger partial charge in [-0.15, -0.1) is 0 Å². The lowest BCUT2D eigenvalue weighted by molar-refractivity contribution is 0.214. The molecule has 0 aromatic heterocycles. The van der Waals surface area contributed by atoms with Gasteiger partial charge in [0.2, 0.25) is 0 Å². The molecule has 0 spiro atoms. The molecule has 1 heterocycles. The molecule has 1 aromatic rings. The fraction of sp³-hybridized carbons (Fsp3) is 0.500. The summed E-state index contributed by atoms with van der Waals surface area (Å²) in [5.41, 5.74) is 3.39. The molecule has 0 bridgehead atoms. The summed E-state index contributed by atoms with van der Waals surface area (Å²) in [5.74, 6) is 7.50. The van der Waals surface area contributed by atoms with Crippen LogP contribution >= 0.6 is 27.7 Å². The van der Waals surface area contributed by atoms with Gasteiger partial charge in [0.25, 0.3) is 0 Å². The van der Waals surface area contributed by atoms with E-state index in [1.165, 1.54) is 6.07 Å². The number of thioether (sulfide) groups is 1. The maximum Gasteiger partial charge on any atom is 0.128 e. The standard InChI is InChI=1S/C12H17BrFN3S/c1-17-4-5-18-7-11(17)12(16-15)9-6-8(13)2-3-10(9)14/h2-3,6,11-12,16H,4-5,7,15H2,1H3. The normalized spacial score (nSPS) is 23.0. The SMILES string of the molecule is CN1CCSCC1C(NN)c1cc(Br)ccc1F. The van der Waals surface area contributed by atoms with Gasteiger partial charge >= 0.3 is 0 Å². The summed E-state index contributed by atoms with van der Waals surface area (Å²) < 4.78 is 14.8. The predicted molar refractivity (Wildman–Crippen MR) is 77.9 cm³/mol. The van der Waals surface area contributed by atoms with Crippen LogP contribution in [0.25, 0.3) is 0 Å². The Labute approximate surface area is 119 Å². The molecule has 1 fully saturated rings. The predicted octanol–water partition coefficient (Wildman–Crippen LogP) is 2.14. The summed E-state index contributed by atoms with van der Waals surface area (Å²) in [6, 6.07) is 4.98. The van der Waals surface area contributed by atoms with E-state index in [4.69, 9.17) is 5.84 Å². The van der Waals surface area contributed by atoms with Crippen LogP contribution in [0, 0.1) is 5.82 Å². The molecule has 3 nitrogen and oxygen atoms in total. The molecule has 1 aliphatic rings. The number of nitrogens with zero attached hydrogens (tertiary/aromatic N) is 1. The molecule has 100 valence electrons. The first-order valence-electron chi connectivity index (χ1n) is 5.82. The summed E-state index contributed by atoms with van der Waals surface area (Å²) in [7, 11) is 2.06. The number of benzene rings is 1. The molecule has 1 saturated heterocycles. The number of nitrogens with one attached hydrogen (secondary N) is 1. The van der Waals surface area contributed by atoms with Gasteiger partial charge < -0.3 is 0 Å². The minimum atomic E-state index is -0.217. The highest BCUT2D eigenvalue weighted by Crippen LogP contribution is 2.29. The van der Waals surface area contributed by atoms with E-state index in [-0.39, 0.29) is 17.9 Å². The van der Waals surface area contributed by atoms with E-state index in [2.05, 4.69) is 33.3 Å². The highest BCUT2D eigenvalue weighted by Gasteiger charge is 2.30. The lowest BCUT2D eigenvalue weighted by atomic mass is 9.99. The molecule has 1 aliphatic heterocycles. The van der Waals surface area contributed by atoms with E-state index in [1.807, 2.05) is 11.8 Å². The summed E-state index contributed by atoms with van der Waals surface area (Å²) in [6.45, 7) is 1.00. The van der Waals surface area contributed by atoms with Crippen LogP contribution in [0.5, 0.6) is 0 Å². The van der Waals surface area contributed by atoms with Gasteiger partial charge in [-0.2, -0.15) is 11.8 Å². The van der Waals surface area contributed by atoms with Crippen molar-refractivity contribution < 1.29 is 4.39 Å². The lowest BCUT2D eigenvalue weighted by Gasteiger charge is -2.37. The van der Waals surface area contributed by atoms with E-state index in [0.717, 1.165) is 22.5 Å². The van der Waals surface area contributed by atoms with Gasteiger partial charge in [0, 0.05) is 34.1 Å². The first kappa shape index (κ1) is 14.3. The summed E-state index contributed by atoms with van der Waals surface area (Å²) in [4.78, 5) is 2.24. The quantitative estimate of drug-likeness (QED) is 0.656. The monoisotopic (exact) mass is 333 g/mol. The van der Waals surface area contributed by atoms with Gasteiger partial charge in [-0.3, -0.25) is 16.2 Å². The van der Waals surface area contributed by atoms with Crippen LogP contribution in [0.2, 0.25) is 0 Å². The largest absolute Gasteiger partial charge is 0.300 e. The average molecular weight is 334 g/mol. The van der Waals surface area contributed by atoms with Crippen LogP contribution in [0.15, 0.2) is 22.7 Å². The van der Waals surface area contributed by atoms with Crippen LogP contribution < -0.4 is 11.3 Å². The molecule has 2 rings (SSSR count). The average Bonchev–Trinajstić information content (AvgIpc) is 2.36. The van der Waals surface area contributed by atoms with Crippen LogP contribution in [0.1, 0.15) is 11.6 Å². The third-order valence-corrected chi connectivity index (χ3v) is 4.84. The number of likely N-dealkylation sites (N-methyl/N-ethyl adjacent to an activating group) is 1. The zero-order chi connectivity index (χ0) is 13.1. The molecular weight excluding hydrogens is 317 g/mol. The molecule has 1 aromatic carbocycles. The Hall–Kier alpha value is -0.140. The number of halogens is 2. The second-order valence-electron chi connectivity index (χ2n) is 4.43. The van der Waals surface area contributed by atoms with Gasteiger partial charge in [0.1, 0.15) is 5.82 Å². The van der Waals surface area contributed by atoms with Crippen molar-refractivity contribution in [3.8, 4) is 0 Å². The van der Waals surface area contributed by atoms with Crippen LogP contribution in [-0.4, -0.2) is 36.0 Å². The van der Waals surface area contributed by atoms with Gasteiger partial charge in [-0.25, -0.2) is 4.39 Å². The zero-order valence-electron chi connectivity index (χ0n) is 10.2. The van der Waals surface area contributed by atoms with Crippen LogP contribution in [0.3, 0.4) is 0 Å². The second kappa shape index (κ2) is 6.34. The van der Waals surface area contributed by atoms with Crippen molar-refractivity contribution in [2.45, 2.75) is 12.1 Å². The third kappa shape index (κ3) is 3.05. The zero-order valence-corrected chi connectivity index (χ0v) is 12.6. The smallest absolute Gasteiger partial charge is 0.128 e. The van der Waals surface area contributed by atoms with Crippen molar-refractivity contribution in [3.05, 3.63) is 34.1 Å². The fourth-order valence-electron chi connectivity index (χ4n) is 2.22. The van der Waals surface area contributed by atoms with Crippen molar-refractivity contribution >= 4 is 27.7 Å². The minimum Gasteiger partial charge on any atom is -0.300 e. The summed E-state index contributed by atoms with van der Waals surface area (Å²) >= 11 is 5.26. The molecule has 18 heavy (non-hydrogen) atoms. The molecule has 0 amide bonds. The Kier molecular flexibility index (Phi) is 5.03. The molecular formula is C12H17BrFN3S. The van der Waals surface area contributed by atoms with Gasteiger partial charge in [-0.1, -0.05) is 15.9 Å². The Balaban J connectivity index is 2.29. The maximum atomic E-state index is 13.9. The van der Waals surface area contributed by atoms with E-state index < -0.39 is 0 Å². The van der Waals surface area contributed by atoms with Crippen molar-refractivity contribution in [2.75, 3.05) is 25.1 Å². The molecule has 2 unspecified atom stereocenters. The molecule has 3 N–H and O–H groups in total. The number of hydrogen-bond donors (Lipinski definition) is 2. The topological polar surface area (TPSA) is 41.3 Å². The Morgan fingerprint density at radius 1 is 1.61 bits per heavy atom. The maximum absolute atomic E-state index is 13.9. The fourth-order valence-corrected chi connectivity index (χ4v) is 3.87. The Morgan fingerprint density at radius 2 is 2.39 bits per heavy atom. The van der Waals surface area contributed by atoms with Gasteiger partial charge in [0.15, 0.2) is 0 Å². The Bertz CT molecular complexity index is 418. The summed E-state index contributed by atoms with van der Waals surface area (Å²) in [6.07, 6.45) is 0. The first-order valence-corrected chi connectivity index (χ1v) is 7.77. The number of nitrogens with two attached hydrogens (primary N) is 1. The highest BCUT2D eigenvalue weighted by atomic mass is 79.9. The van der Waals surface area contributed by atoms with Crippen molar-refractivity contribution in [1.82, 2.24) is 10.3 Å². The molecule has 6 heteroatoms. The third-order valence-electron chi connectivity index (χ3n) is 3.30. The van der Waals surface area contributed by atoms with Crippen molar-refractivity contribution in [3.63, 3.8) is 0 Å². The second-order valence-corrected chi connectivity index (χ2v) is 6.50. The number of rotatable bonds is 3. The van der Waals surface area contributed by atoms with E-state index in [1.54, 1.807) is 12.1 Å². The van der Waals surface area contributed by atoms with Gasteiger partial charge in [0.05, 0.1) is 6.04 Å². The van der Waals surface area contributed by atoms with E-state index >= 15 is 0 Å². The Morgan fingerprint density at radius 3 is 3.06 bits per heavy atom. The molecule has 0 radical (unpaired) electrons. The number of hydrogen-bond acceptors (Lipinski definition) is 4. The number of hydrazine groups is 1. The molecule has 0 saturated carbocycles. The van der Waals surface area contributed by atoms with Gasteiger partial charge in [-0.05, 0) is 25.2 Å². The highest BCUT2D eigenvalue weighted by molar-refractivity contribution is 9.10. The van der Waals surface area contributed by atoms with E-state index in [0.29, 0.717) is 5.56 Å².